The number of carbonyl (C=O) groups excluding carboxylic acids is 2. The molecule has 3 rings (SSSR count). The van der Waals surface area contributed by atoms with Crippen LogP contribution in [0.3, 0.4) is 0 Å². The molecule has 140 valence electrons. The summed E-state index contributed by atoms with van der Waals surface area (Å²) in [6.07, 6.45) is 2.18. The second kappa shape index (κ2) is 8.21. The summed E-state index contributed by atoms with van der Waals surface area (Å²) in [7, 11) is 1.62. The number of esters is 1. The molecule has 0 fully saturated rings. The van der Waals surface area contributed by atoms with Crippen molar-refractivity contribution < 1.29 is 19.1 Å². The molecule has 0 aromatic heterocycles. The van der Waals surface area contributed by atoms with Crippen LogP contribution < -0.4 is 4.74 Å². The zero-order chi connectivity index (χ0) is 19.4. The van der Waals surface area contributed by atoms with Crippen molar-refractivity contribution in [3.63, 3.8) is 0 Å². The summed E-state index contributed by atoms with van der Waals surface area (Å²) in [5, 5.41) is 0. The van der Waals surface area contributed by atoms with Gasteiger partial charge in [-0.15, -0.1) is 0 Å². The number of aryl methyl sites for hydroxylation is 1. The molecule has 0 spiro atoms. The molecule has 4 nitrogen and oxygen atoms in total. The molecule has 0 amide bonds. The highest BCUT2D eigenvalue weighted by atomic mass is 16.5. The van der Waals surface area contributed by atoms with Crippen LogP contribution in [-0.4, -0.2) is 25.5 Å². The molecule has 0 saturated carbocycles. The molecule has 0 bridgehead atoms. The summed E-state index contributed by atoms with van der Waals surface area (Å²) in [5.41, 5.74) is 3.92. The highest BCUT2D eigenvalue weighted by Crippen LogP contribution is 2.41. The first-order valence-electron chi connectivity index (χ1n) is 9.16. The Hall–Kier alpha value is -2.88. The minimum atomic E-state index is -0.805. The van der Waals surface area contributed by atoms with E-state index in [9.17, 15) is 9.59 Å². The largest absolute Gasteiger partial charge is 0.497 e. The van der Waals surface area contributed by atoms with Gasteiger partial charge in [0.1, 0.15) is 11.7 Å². The molecule has 1 aliphatic rings. The Kier molecular flexibility index (Phi) is 5.75. The van der Waals surface area contributed by atoms with Gasteiger partial charge < -0.3 is 9.47 Å². The van der Waals surface area contributed by atoms with E-state index in [2.05, 4.69) is 0 Å². The lowest BCUT2D eigenvalue weighted by atomic mass is 9.72. The van der Waals surface area contributed by atoms with E-state index < -0.39 is 11.9 Å². The molecule has 1 aliphatic carbocycles. The van der Waals surface area contributed by atoms with Crippen LogP contribution in [0.4, 0.5) is 0 Å². The van der Waals surface area contributed by atoms with Gasteiger partial charge in [-0.25, -0.2) is 0 Å². The van der Waals surface area contributed by atoms with Crippen molar-refractivity contribution in [2.45, 2.75) is 26.2 Å². The summed E-state index contributed by atoms with van der Waals surface area (Å²) in [4.78, 5) is 25.5. The number of benzene rings is 2. The molecule has 2 atom stereocenters. The fourth-order valence-corrected chi connectivity index (χ4v) is 3.70. The van der Waals surface area contributed by atoms with Crippen LogP contribution >= 0.6 is 0 Å². The van der Waals surface area contributed by atoms with Crippen molar-refractivity contribution >= 4 is 17.3 Å². The van der Waals surface area contributed by atoms with Crippen molar-refractivity contribution in [1.29, 1.82) is 0 Å². The van der Waals surface area contributed by atoms with E-state index in [0.29, 0.717) is 6.42 Å². The quantitative estimate of drug-likeness (QED) is 0.586. The van der Waals surface area contributed by atoms with Crippen LogP contribution in [0.15, 0.2) is 54.6 Å². The van der Waals surface area contributed by atoms with Crippen LogP contribution in [0.5, 0.6) is 5.75 Å². The molecule has 2 aromatic carbocycles. The Morgan fingerprint density at radius 1 is 1.15 bits per heavy atom. The molecule has 27 heavy (non-hydrogen) atoms. The summed E-state index contributed by atoms with van der Waals surface area (Å²) < 4.78 is 10.5. The van der Waals surface area contributed by atoms with Gasteiger partial charge in [0.15, 0.2) is 5.78 Å². The first-order chi connectivity index (χ1) is 13.0. The Morgan fingerprint density at radius 2 is 1.93 bits per heavy atom. The molecule has 0 aliphatic heterocycles. The average Bonchev–Trinajstić information content (AvgIpc) is 2.68. The summed E-state index contributed by atoms with van der Waals surface area (Å²) in [5.74, 6) is -0.965. The minimum Gasteiger partial charge on any atom is -0.497 e. The zero-order valence-corrected chi connectivity index (χ0v) is 15.9. The molecule has 0 unspecified atom stereocenters. The molecule has 0 N–H and O–H groups in total. The second-order valence-electron chi connectivity index (χ2n) is 6.70. The first-order valence-corrected chi connectivity index (χ1v) is 9.16. The smallest absolute Gasteiger partial charge is 0.317 e. The lowest BCUT2D eigenvalue weighted by Gasteiger charge is -2.30. The lowest BCUT2D eigenvalue weighted by Crippen LogP contribution is -2.34. The van der Waals surface area contributed by atoms with E-state index in [1.54, 1.807) is 20.1 Å². The van der Waals surface area contributed by atoms with E-state index in [1.807, 2.05) is 55.5 Å². The number of carbonyl (C=O) groups is 2. The van der Waals surface area contributed by atoms with E-state index in [0.717, 1.165) is 28.0 Å². The van der Waals surface area contributed by atoms with Gasteiger partial charge in [-0.05, 0) is 60.7 Å². The summed E-state index contributed by atoms with van der Waals surface area (Å²) >= 11 is 0. The first kappa shape index (κ1) is 18.9. The Labute approximate surface area is 159 Å². The van der Waals surface area contributed by atoms with Crippen LogP contribution in [-0.2, 0) is 14.3 Å². The normalized spacial score (nSPS) is 19.4. The Balaban J connectivity index is 2.05. The van der Waals surface area contributed by atoms with Gasteiger partial charge in [-0.1, -0.05) is 36.4 Å². The van der Waals surface area contributed by atoms with Crippen LogP contribution in [0.2, 0.25) is 0 Å². The third kappa shape index (κ3) is 3.95. The average molecular weight is 364 g/mol. The molecular formula is C23H24O4. The van der Waals surface area contributed by atoms with Gasteiger partial charge in [0.2, 0.25) is 0 Å². The third-order valence-corrected chi connectivity index (χ3v) is 5.03. The van der Waals surface area contributed by atoms with Gasteiger partial charge in [-0.3, -0.25) is 9.59 Å². The van der Waals surface area contributed by atoms with Crippen LogP contribution in [0.25, 0.3) is 5.57 Å². The van der Waals surface area contributed by atoms with Crippen molar-refractivity contribution in [3.8, 4) is 5.75 Å². The zero-order valence-electron chi connectivity index (χ0n) is 15.9. The summed E-state index contributed by atoms with van der Waals surface area (Å²) in [6.45, 7) is 4.02. The topological polar surface area (TPSA) is 52.6 Å². The standard InChI is InChI=1S/C23H24O4/c1-4-27-23(25)22-20(19-11-6-5-8-15(19)2)13-17(14-21(22)24)16-9-7-10-18(12-16)26-3/h5-12,14,20,22H,4,13H2,1-3H3/t20-,22-/m1/s1. The van der Waals surface area contributed by atoms with E-state index in [4.69, 9.17) is 9.47 Å². The number of methoxy groups -OCH3 is 1. The summed E-state index contributed by atoms with van der Waals surface area (Å²) in [6, 6.07) is 15.6. The molecule has 0 saturated heterocycles. The fraction of sp³-hybridized carbons (Fsp3) is 0.304. The number of ether oxygens (including phenoxy) is 2. The predicted molar refractivity (Wildman–Crippen MR) is 105 cm³/mol. The third-order valence-electron chi connectivity index (χ3n) is 5.03. The number of rotatable bonds is 5. The van der Waals surface area contributed by atoms with Gasteiger partial charge in [0.25, 0.3) is 0 Å². The van der Waals surface area contributed by atoms with Crippen molar-refractivity contribution in [2.24, 2.45) is 5.92 Å². The van der Waals surface area contributed by atoms with E-state index in [-0.39, 0.29) is 18.3 Å². The molecule has 2 aromatic rings. The molecule has 0 heterocycles. The van der Waals surface area contributed by atoms with Gasteiger partial charge >= 0.3 is 5.97 Å². The van der Waals surface area contributed by atoms with E-state index >= 15 is 0 Å². The molecular weight excluding hydrogens is 340 g/mol. The van der Waals surface area contributed by atoms with E-state index in [1.165, 1.54) is 0 Å². The maximum absolute atomic E-state index is 12.9. The monoisotopic (exact) mass is 364 g/mol. The number of allylic oxidation sites excluding steroid dienone is 2. The van der Waals surface area contributed by atoms with Gasteiger partial charge in [0, 0.05) is 5.92 Å². The fourth-order valence-electron chi connectivity index (χ4n) is 3.70. The maximum atomic E-state index is 12.9. The van der Waals surface area contributed by atoms with Crippen LogP contribution in [0, 0.1) is 12.8 Å². The number of ketones is 1. The maximum Gasteiger partial charge on any atom is 0.317 e. The predicted octanol–water partition coefficient (Wildman–Crippen LogP) is 4.32. The SMILES string of the molecule is CCOC(=O)[C@H]1C(=O)C=C(c2cccc(OC)c2)C[C@@H]1c1ccccc1C. The Morgan fingerprint density at radius 3 is 2.63 bits per heavy atom. The minimum absolute atomic E-state index is 0.203. The highest BCUT2D eigenvalue weighted by Gasteiger charge is 2.40. The van der Waals surface area contributed by atoms with Crippen molar-refractivity contribution in [1.82, 2.24) is 0 Å². The number of hydrogen-bond acceptors (Lipinski definition) is 4. The van der Waals surface area contributed by atoms with Crippen molar-refractivity contribution in [3.05, 3.63) is 71.3 Å². The van der Waals surface area contributed by atoms with Gasteiger partial charge in [-0.2, -0.15) is 0 Å². The molecule has 4 heteroatoms. The van der Waals surface area contributed by atoms with Crippen LogP contribution in [0.1, 0.15) is 36.0 Å². The highest BCUT2D eigenvalue weighted by molar-refractivity contribution is 6.10. The Bertz CT molecular complexity index is 881. The second-order valence-corrected chi connectivity index (χ2v) is 6.70. The lowest BCUT2D eigenvalue weighted by molar-refractivity contribution is -0.151. The van der Waals surface area contributed by atoms with Gasteiger partial charge in [0.05, 0.1) is 13.7 Å². The molecule has 0 radical (unpaired) electrons. The van der Waals surface area contributed by atoms with Crippen molar-refractivity contribution in [2.75, 3.05) is 13.7 Å². The number of hydrogen-bond donors (Lipinski definition) is 0.